The lowest BCUT2D eigenvalue weighted by atomic mass is 10.1. The lowest BCUT2D eigenvalue weighted by molar-refractivity contribution is -0.142. The topological polar surface area (TPSA) is 52.3 Å². The Balaban J connectivity index is 2.88. The van der Waals surface area contributed by atoms with Crippen molar-refractivity contribution >= 4 is 5.97 Å². The van der Waals surface area contributed by atoms with Crippen LogP contribution in [-0.4, -0.2) is 13.1 Å². The summed E-state index contributed by atoms with van der Waals surface area (Å²) in [7, 11) is 1.24. The molecule has 1 rings (SSSR count). The fraction of sp³-hybridized carbons (Fsp3) is 0.222. The van der Waals surface area contributed by atoms with Crippen LogP contribution in [0, 0.1) is 5.82 Å². The summed E-state index contributed by atoms with van der Waals surface area (Å²) >= 11 is 0. The first-order chi connectivity index (χ1) is 6.15. The molecule has 3 nitrogen and oxygen atoms in total. The average Bonchev–Trinajstić information content (AvgIpc) is 2.15. The van der Waals surface area contributed by atoms with Crippen molar-refractivity contribution in [3.63, 3.8) is 0 Å². The Labute approximate surface area is 75.3 Å². The van der Waals surface area contributed by atoms with Crippen LogP contribution in [-0.2, 0) is 9.53 Å². The molecule has 4 heteroatoms. The summed E-state index contributed by atoms with van der Waals surface area (Å²) in [6.45, 7) is 0. The quantitative estimate of drug-likeness (QED) is 0.696. The minimum Gasteiger partial charge on any atom is -0.468 e. The van der Waals surface area contributed by atoms with E-state index >= 15 is 0 Å². The van der Waals surface area contributed by atoms with Gasteiger partial charge in [-0.1, -0.05) is 12.1 Å². The molecule has 0 heterocycles. The molecular weight excluding hydrogens is 173 g/mol. The summed E-state index contributed by atoms with van der Waals surface area (Å²) in [5.41, 5.74) is 5.89. The van der Waals surface area contributed by atoms with Crippen LogP contribution in [0.25, 0.3) is 0 Å². The highest BCUT2D eigenvalue weighted by Gasteiger charge is 2.15. The summed E-state index contributed by atoms with van der Waals surface area (Å²) in [4.78, 5) is 11.0. The van der Waals surface area contributed by atoms with Crippen molar-refractivity contribution in [2.45, 2.75) is 6.04 Å². The number of hydrogen-bond acceptors (Lipinski definition) is 3. The van der Waals surface area contributed by atoms with Gasteiger partial charge in [-0.3, -0.25) is 4.79 Å². The molecule has 0 aromatic heterocycles. The van der Waals surface area contributed by atoms with Crippen LogP contribution in [0.1, 0.15) is 11.6 Å². The second-order valence-corrected chi connectivity index (χ2v) is 2.56. The zero-order chi connectivity index (χ0) is 9.84. The van der Waals surface area contributed by atoms with Crippen LogP contribution in [0.15, 0.2) is 24.3 Å². The molecule has 0 spiro atoms. The normalized spacial score (nSPS) is 12.2. The van der Waals surface area contributed by atoms with Crippen molar-refractivity contribution in [3.8, 4) is 0 Å². The van der Waals surface area contributed by atoms with Gasteiger partial charge in [0.15, 0.2) is 0 Å². The van der Waals surface area contributed by atoms with E-state index in [2.05, 4.69) is 4.74 Å². The van der Waals surface area contributed by atoms with E-state index in [0.717, 1.165) is 0 Å². The van der Waals surface area contributed by atoms with Gasteiger partial charge in [-0.15, -0.1) is 0 Å². The van der Waals surface area contributed by atoms with Crippen molar-refractivity contribution in [1.29, 1.82) is 0 Å². The molecule has 0 amide bonds. The number of esters is 1. The van der Waals surface area contributed by atoms with Gasteiger partial charge < -0.3 is 10.5 Å². The van der Waals surface area contributed by atoms with Gasteiger partial charge in [-0.25, -0.2) is 4.39 Å². The molecule has 0 saturated carbocycles. The molecule has 0 bridgehead atoms. The molecule has 70 valence electrons. The molecule has 1 aromatic carbocycles. The Morgan fingerprint density at radius 2 is 2.31 bits per heavy atom. The van der Waals surface area contributed by atoms with Gasteiger partial charge in [0.25, 0.3) is 0 Å². The van der Waals surface area contributed by atoms with Crippen molar-refractivity contribution in [1.82, 2.24) is 0 Å². The standard InChI is InChI=1S/C9H10FNO2/c1-13-9(12)8(11)6-3-2-4-7(10)5-6/h2-5,8H,11H2,1H3/t8-/m1/s1. The van der Waals surface area contributed by atoms with Crippen molar-refractivity contribution in [2.75, 3.05) is 7.11 Å². The van der Waals surface area contributed by atoms with Gasteiger partial charge in [-0.2, -0.15) is 0 Å². The molecule has 13 heavy (non-hydrogen) atoms. The third kappa shape index (κ3) is 2.26. The number of hydrogen-bond donors (Lipinski definition) is 1. The Hall–Kier alpha value is -1.42. The molecule has 2 N–H and O–H groups in total. The number of nitrogens with two attached hydrogens (primary N) is 1. The van der Waals surface area contributed by atoms with Crippen LogP contribution in [0.4, 0.5) is 4.39 Å². The van der Waals surface area contributed by atoms with E-state index in [4.69, 9.17) is 5.73 Å². The van der Waals surface area contributed by atoms with Gasteiger partial charge in [0.05, 0.1) is 7.11 Å². The van der Waals surface area contributed by atoms with E-state index in [1.807, 2.05) is 0 Å². The Kier molecular flexibility index (Phi) is 2.97. The van der Waals surface area contributed by atoms with E-state index in [1.165, 1.54) is 25.3 Å². The highest BCUT2D eigenvalue weighted by atomic mass is 19.1. The summed E-state index contributed by atoms with van der Waals surface area (Å²) < 4.78 is 17.1. The van der Waals surface area contributed by atoms with Crippen molar-refractivity contribution in [2.24, 2.45) is 5.73 Å². The molecule has 0 fully saturated rings. The molecule has 0 aliphatic heterocycles. The maximum atomic E-state index is 12.7. The summed E-state index contributed by atoms with van der Waals surface area (Å²) in [5, 5.41) is 0. The molecule has 0 saturated heterocycles. The van der Waals surface area contributed by atoms with Crippen LogP contribution in [0.5, 0.6) is 0 Å². The van der Waals surface area contributed by atoms with Crippen LogP contribution in [0.3, 0.4) is 0 Å². The predicted molar refractivity (Wildman–Crippen MR) is 45.3 cm³/mol. The number of carbonyl (C=O) groups excluding carboxylic acids is 1. The third-order valence-corrected chi connectivity index (χ3v) is 1.66. The Morgan fingerprint density at radius 1 is 1.62 bits per heavy atom. The Bertz CT molecular complexity index is 314. The first kappa shape index (κ1) is 9.67. The molecule has 0 unspecified atom stereocenters. The fourth-order valence-electron chi connectivity index (χ4n) is 0.963. The number of rotatable bonds is 2. The molecule has 0 aliphatic carbocycles. The summed E-state index contributed by atoms with van der Waals surface area (Å²) in [6, 6.07) is 4.65. The smallest absolute Gasteiger partial charge is 0.327 e. The van der Waals surface area contributed by atoms with Crippen molar-refractivity contribution < 1.29 is 13.9 Å². The maximum Gasteiger partial charge on any atom is 0.327 e. The van der Waals surface area contributed by atoms with E-state index in [9.17, 15) is 9.18 Å². The van der Waals surface area contributed by atoms with Gasteiger partial charge in [0, 0.05) is 0 Å². The molecule has 0 radical (unpaired) electrons. The fourth-order valence-corrected chi connectivity index (χ4v) is 0.963. The minimum absolute atomic E-state index is 0.409. The van der Waals surface area contributed by atoms with Gasteiger partial charge >= 0.3 is 5.97 Å². The van der Waals surface area contributed by atoms with Gasteiger partial charge in [0.1, 0.15) is 11.9 Å². The Morgan fingerprint density at radius 3 is 2.85 bits per heavy atom. The summed E-state index contributed by atoms with van der Waals surface area (Å²) in [6.07, 6.45) is 0. The lowest BCUT2D eigenvalue weighted by Gasteiger charge is -2.08. The summed E-state index contributed by atoms with van der Waals surface area (Å²) in [5.74, 6) is -0.998. The zero-order valence-corrected chi connectivity index (χ0v) is 7.16. The number of carbonyl (C=O) groups is 1. The number of benzene rings is 1. The van der Waals surface area contributed by atoms with Crippen LogP contribution >= 0.6 is 0 Å². The number of halogens is 1. The first-order valence-electron chi connectivity index (χ1n) is 3.74. The lowest BCUT2D eigenvalue weighted by Crippen LogP contribution is -2.22. The van der Waals surface area contributed by atoms with E-state index in [0.29, 0.717) is 5.56 Å². The molecular formula is C9H10FNO2. The van der Waals surface area contributed by atoms with E-state index in [1.54, 1.807) is 6.07 Å². The SMILES string of the molecule is COC(=O)[C@H](N)c1cccc(F)c1. The molecule has 1 aromatic rings. The second-order valence-electron chi connectivity index (χ2n) is 2.56. The van der Waals surface area contributed by atoms with Gasteiger partial charge in [0.2, 0.25) is 0 Å². The van der Waals surface area contributed by atoms with Crippen LogP contribution < -0.4 is 5.73 Å². The van der Waals surface area contributed by atoms with E-state index < -0.39 is 17.8 Å². The largest absolute Gasteiger partial charge is 0.468 e. The minimum atomic E-state index is -0.916. The second kappa shape index (κ2) is 4.00. The monoisotopic (exact) mass is 183 g/mol. The maximum absolute atomic E-state index is 12.7. The highest BCUT2D eigenvalue weighted by molar-refractivity contribution is 5.77. The molecule has 1 atom stereocenters. The first-order valence-corrected chi connectivity index (χ1v) is 3.74. The zero-order valence-electron chi connectivity index (χ0n) is 7.16. The predicted octanol–water partition coefficient (Wildman–Crippen LogP) is 0.998. The van der Waals surface area contributed by atoms with Crippen LogP contribution in [0.2, 0.25) is 0 Å². The highest BCUT2D eigenvalue weighted by Crippen LogP contribution is 2.12. The number of methoxy groups -OCH3 is 1. The van der Waals surface area contributed by atoms with Crippen molar-refractivity contribution in [3.05, 3.63) is 35.6 Å². The number of ether oxygens (including phenoxy) is 1. The van der Waals surface area contributed by atoms with Gasteiger partial charge in [-0.05, 0) is 17.7 Å². The van der Waals surface area contributed by atoms with E-state index in [-0.39, 0.29) is 0 Å². The third-order valence-electron chi connectivity index (χ3n) is 1.66. The molecule has 0 aliphatic rings. The average molecular weight is 183 g/mol.